The third-order valence-electron chi connectivity index (χ3n) is 2.40. The summed E-state index contributed by atoms with van der Waals surface area (Å²) in [6, 6.07) is 9.22. The first-order valence-electron chi connectivity index (χ1n) is 6.08. The summed E-state index contributed by atoms with van der Waals surface area (Å²) in [4.78, 5) is 8.26. The highest BCUT2D eigenvalue weighted by molar-refractivity contribution is 6.30. The summed E-state index contributed by atoms with van der Waals surface area (Å²) >= 11 is 5.93. The molecule has 100 valence electrons. The largest absolute Gasteiger partial charge is 0.370 e. The van der Waals surface area contributed by atoms with Crippen LogP contribution >= 0.6 is 11.6 Å². The van der Waals surface area contributed by atoms with Crippen LogP contribution in [0.3, 0.4) is 0 Å². The van der Waals surface area contributed by atoms with Crippen molar-refractivity contribution >= 4 is 34.9 Å². The minimum atomic E-state index is 0.227. The lowest BCUT2D eigenvalue weighted by Crippen LogP contribution is -2.06. The molecule has 1 aromatic heterocycles. The number of hydrogen-bond acceptors (Lipinski definition) is 5. The van der Waals surface area contributed by atoms with E-state index in [4.69, 9.17) is 17.3 Å². The zero-order valence-corrected chi connectivity index (χ0v) is 11.4. The van der Waals surface area contributed by atoms with Crippen molar-refractivity contribution in [3.8, 4) is 0 Å². The molecular weight excluding hydrogens is 262 g/mol. The van der Waals surface area contributed by atoms with Gasteiger partial charge in [0.1, 0.15) is 11.6 Å². The van der Waals surface area contributed by atoms with Crippen LogP contribution in [-0.4, -0.2) is 16.5 Å². The zero-order valence-electron chi connectivity index (χ0n) is 10.7. The predicted octanol–water partition coefficient (Wildman–Crippen LogP) is 3.28. The van der Waals surface area contributed by atoms with Gasteiger partial charge >= 0.3 is 0 Å². The Morgan fingerprint density at radius 2 is 2.00 bits per heavy atom. The molecule has 0 bridgehead atoms. The first kappa shape index (κ1) is 13.4. The van der Waals surface area contributed by atoms with Gasteiger partial charge < -0.3 is 16.4 Å². The molecule has 0 atom stereocenters. The maximum atomic E-state index is 5.93. The highest BCUT2D eigenvalue weighted by Gasteiger charge is 2.03. The van der Waals surface area contributed by atoms with E-state index >= 15 is 0 Å². The number of nitrogen functional groups attached to an aromatic ring is 1. The molecule has 2 aromatic rings. The molecule has 0 aliphatic carbocycles. The standard InChI is InChI=1S/C13H16ClN5/c1-2-6-16-11-8-12(19-13(15)18-11)17-10-5-3-4-9(14)7-10/h3-5,7-8H,2,6H2,1H3,(H4,15,16,17,18,19). The third kappa shape index (κ3) is 3.99. The van der Waals surface area contributed by atoms with Crippen LogP contribution in [0.25, 0.3) is 0 Å². The normalized spacial score (nSPS) is 10.2. The Kier molecular flexibility index (Phi) is 4.41. The molecule has 1 aromatic carbocycles. The molecule has 4 N–H and O–H groups in total. The van der Waals surface area contributed by atoms with Gasteiger partial charge in [-0.1, -0.05) is 24.6 Å². The Morgan fingerprint density at radius 3 is 2.74 bits per heavy atom. The van der Waals surface area contributed by atoms with E-state index in [0.717, 1.165) is 18.7 Å². The molecule has 2 rings (SSSR count). The number of anilines is 4. The monoisotopic (exact) mass is 277 g/mol. The van der Waals surface area contributed by atoms with Gasteiger partial charge in [-0.3, -0.25) is 0 Å². The van der Waals surface area contributed by atoms with Crippen molar-refractivity contribution < 1.29 is 0 Å². The van der Waals surface area contributed by atoms with E-state index in [2.05, 4.69) is 27.5 Å². The highest BCUT2D eigenvalue weighted by atomic mass is 35.5. The quantitative estimate of drug-likeness (QED) is 0.782. The number of nitrogens with one attached hydrogen (secondary N) is 2. The Bertz CT molecular complexity index is 558. The molecular formula is C13H16ClN5. The fourth-order valence-corrected chi connectivity index (χ4v) is 1.78. The number of halogens is 1. The molecule has 0 amide bonds. The topological polar surface area (TPSA) is 75.9 Å². The van der Waals surface area contributed by atoms with Gasteiger partial charge in [-0.05, 0) is 24.6 Å². The lowest BCUT2D eigenvalue weighted by Gasteiger charge is -2.09. The average Bonchev–Trinajstić information content (AvgIpc) is 2.35. The first-order chi connectivity index (χ1) is 9.17. The van der Waals surface area contributed by atoms with E-state index in [1.807, 2.05) is 30.3 Å². The van der Waals surface area contributed by atoms with Crippen LogP contribution in [0.15, 0.2) is 30.3 Å². The molecule has 0 spiro atoms. The van der Waals surface area contributed by atoms with Crippen LogP contribution in [0.5, 0.6) is 0 Å². The van der Waals surface area contributed by atoms with Crippen molar-refractivity contribution in [2.75, 3.05) is 22.9 Å². The summed E-state index contributed by atoms with van der Waals surface area (Å²) in [7, 11) is 0. The fourth-order valence-electron chi connectivity index (χ4n) is 1.59. The van der Waals surface area contributed by atoms with Crippen molar-refractivity contribution in [1.82, 2.24) is 9.97 Å². The van der Waals surface area contributed by atoms with Crippen LogP contribution in [0.4, 0.5) is 23.3 Å². The van der Waals surface area contributed by atoms with Crippen LogP contribution in [-0.2, 0) is 0 Å². The van der Waals surface area contributed by atoms with Gasteiger partial charge in [-0.15, -0.1) is 0 Å². The second-order valence-electron chi connectivity index (χ2n) is 4.06. The summed E-state index contributed by atoms with van der Waals surface area (Å²) in [5.41, 5.74) is 6.54. The fraction of sp³-hybridized carbons (Fsp3) is 0.231. The summed E-state index contributed by atoms with van der Waals surface area (Å²) in [6.07, 6.45) is 1.01. The van der Waals surface area contributed by atoms with Gasteiger partial charge in [0.2, 0.25) is 5.95 Å². The Morgan fingerprint density at radius 1 is 1.21 bits per heavy atom. The predicted molar refractivity (Wildman–Crippen MR) is 80.0 cm³/mol. The molecule has 1 heterocycles. The second kappa shape index (κ2) is 6.24. The number of hydrogen-bond donors (Lipinski definition) is 3. The van der Waals surface area contributed by atoms with E-state index in [1.165, 1.54) is 0 Å². The molecule has 0 unspecified atom stereocenters. The highest BCUT2D eigenvalue weighted by Crippen LogP contribution is 2.20. The van der Waals surface area contributed by atoms with Gasteiger partial charge in [0.25, 0.3) is 0 Å². The SMILES string of the molecule is CCCNc1cc(Nc2cccc(Cl)c2)nc(N)n1. The summed E-state index contributed by atoms with van der Waals surface area (Å²) in [6.45, 7) is 2.93. The summed E-state index contributed by atoms with van der Waals surface area (Å²) < 4.78 is 0. The third-order valence-corrected chi connectivity index (χ3v) is 2.63. The maximum absolute atomic E-state index is 5.93. The Hall–Kier alpha value is -2.01. The molecule has 19 heavy (non-hydrogen) atoms. The van der Waals surface area contributed by atoms with Crippen LogP contribution in [0.1, 0.15) is 13.3 Å². The number of nitrogens with zero attached hydrogens (tertiary/aromatic N) is 2. The average molecular weight is 278 g/mol. The van der Waals surface area contributed by atoms with Gasteiger partial charge in [-0.25, -0.2) is 0 Å². The molecule has 5 nitrogen and oxygen atoms in total. The number of aromatic nitrogens is 2. The summed E-state index contributed by atoms with van der Waals surface area (Å²) in [5.74, 6) is 1.57. The van der Waals surface area contributed by atoms with Crippen LogP contribution in [0, 0.1) is 0 Å². The van der Waals surface area contributed by atoms with E-state index in [9.17, 15) is 0 Å². The number of rotatable bonds is 5. The Labute approximate surface area is 117 Å². The minimum absolute atomic E-state index is 0.227. The van der Waals surface area contributed by atoms with Crippen molar-refractivity contribution in [2.45, 2.75) is 13.3 Å². The summed E-state index contributed by atoms with van der Waals surface area (Å²) in [5, 5.41) is 6.99. The van der Waals surface area contributed by atoms with E-state index in [-0.39, 0.29) is 5.95 Å². The molecule has 0 saturated heterocycles. The number of nitrogens with two attached hydrogens (primary N) is 1. The molecule has 0 aliphatic heterocycles. The lowest BCUT2D eigenvalue weighted by molar-refractivity contribution is 0.967. The molecule has 0 radical (unpaired) electrons. The molecule has 6 heteroatoms. The molecule has 0 fully saturated rings. The van der Waals surface area contributed by atoms with Crippen molar-refractivity contribution in [3.05, 3.63) is 35.4 Å². The van der Waals surface area contributed by atoms with Crippen molar-refractivity contribution in [2.24, 2.45) is 0 Å². The van der Waals surface area contributed by atoms with Crippen molar-refractivity contribution in [1.29, 1.82) is 0 Å². The second-order valence-corrected chi connectivity index (χ2v) is 4.50. The number of benzene rings is 1. The Balaban J connectivity index is 2.17. The first-order valence-corrected chi connectivity index (χ1v) is 6.46. The smallest absolute Gasteiger partial charge is 0.223 e. The van der Waals surface area contributed by atoms with Gasteiger partial charge in [0.05, 0.1) is 0 Å². The van der Waals surface area contributed by atoms with E-state index in [1.54, 1.807) is 0 Å². The lowest BCUT2D eigenvalue weighted by atomic mass is 10.3. The molecule has 0 saturated carbocycles. The van der Waals surface area contributed by atoms with Gasteiger partial charge in [0, 0.05) is 23.3 Å². The van der Waals surface area contributed by atoms with Gasteiger partial charge in [-0.2, -0.15) is 9.97 Å². The van der Waals surface area contributed by atoms with E-state index in [0.29, 0.717) is 16.7 Å². The minimum Gasteiger partial charge on any atom is -0.370 e. The molecule has 0 aliphatic rings. The van der Waals surface area contributed by atoms with Crippen molar-refractivity contribution in [3.63, 3.8) is 0 Å². The van der Waals surface area contributed by atoms with Gasteiger partial charge in [0.15, 0.2) is 0 Å². The van der Waals surface area contributed by atoms with Crippen LogP contribution in [0.2, 0.25) is 5.02 Å². The van der Waals surface area contributed by atoms with Crippen LogP contribution < -0.4 is 16.4 Å². The zero-order chi connectivity index (χ0) is 13.7. The maximum Gasteiger partial charge on any atom is 0.223 e. The van der Waals surface area contributed by atoms with E-state index < -0.39 is 0 Å².